The second-order valence-corrected chi connectivity index (χ2v) is 8.05. The molecule has 2 aromatic rings. The number of rotatable bonds is 11. The number of hydrogen-bond acceptors (Lipinski definition) is 3. The van der Waals surface area contributed by atoms with Crippen LogP contribution in [0.4, 0.5) is 5.69 Å². The first-order chi connectivity index (χ1) is 13.7. The van der Waals surface area contributed by atoms with E-state index in [2.05, 4.69) is 43.0 Å². The van der Waals surface area contributed by atoms with Gasteiger partial charge in [-0.25, -0.2) is 4.85 Å². The molecule has 0 radical (unpaired) electrons. The van der Waals surface area contributed by atoms with Gasteiger partial charge < -0.3 is 4.74 Å². The lowest BCUT2D eigenvalue weighted by molar-refractivity contribution is -0.144. The molecule has 0 aromatic heterocycles. The van der Waals surface area contributed by atoms with Crippen LogP contribution >= 0.6 is 11.8 Å². The fourth-order valence-electron chi connectivity index (χ4n) is 2.91. The van der Waals surface area contributed by atoms with Crippen molar-refractivity contribution in [2.75, 3.05) is 12.4 Å². The van der Waals surface area contributed by atoms with Crippen molar-refractivity contribution < 1.29 is 9.53 Å². The SMILES string of the molecule is [C-]#[N+]c1ccc(-c2ccc(SCCC(=O)OCC(CC)CCCC)cc2)cc1. The molecule has 0 amide bonds. The normalized spacial score (nSPS) is 11.6. The summed E-state index contributed by atoms with van der Waals surface area (Å²) in [4.78, 5) is 16.5. The molecule has 0 saturated carbocycles. The zero-order valence-electron chi connectivity index (χ0n) is 16.8. The van der Waals surface area contributed by atoms with Crippen molar-refractivity contribution in [3.8, 4) is 11.1 Å². The molecule has 1 unspecified atom stereocenters. The molecule has 0 saturated heterocycles. The molecular weight excluding hydrogens is 366 g/mol. The Morgan fingerprint density at radius 3 is 2.29 bits per heavy atom. The smallest absolute Gasteiger partial charge is 0.306 e. The van der Waals surface area contributed by atoms with Crippen molar-refractivity contribution in [1.82, 2.24) is 0 Å². The summed E-state index contributed by atoms with van der Waals surface area (Å²) in [5.74, 6) is 1.12. The molecule has 0 fully saturated rings. The van der Waals surface area contributed by atoms with E-state index in [0.717, 1.165) is 34.6 Å². The summed E-state index contributed by atoms with van der Waals surface area (Å²) in [7, 11) is 0. The van der Waals surface area contributed by atoms with Crippen LogP contribution in [-0.4, -0.2) is 18.3 Å². The van der Waals surface area contributed by atoms with Crippen LogP contribution < -0.4 is 0 Å². The predicted molar refractivity (Wildman–Crippen MR) is 118 cm³/mol. The average molecular weight is 396 g/mol. The van der Waals surface area contributed by atoms with Crippen LogP contribution in [0.5, 0.6) is 0 Å². The van der Waals surface area contributed by atoms with Gasteiger partial charge >= 0.3 is 5.97 Å². The highest BCUT2D eigenvalue weighted by atomic mass is 32.2. The zero-order valence-corrected chi connectivity index (χ0v) is 17.6. The summed E-state index contributed by atoms with van der Waals surface area (Å²) < 4.78 is 5.45. The van der Waals surface area contributed by atoms with Gasteiger partial charge in [0, 0.05) is 10.6 Å². The Hall–Kier alpha value is -2.25. The van der Waals surface area contributed by atoms with E-state index in [4.69, 9.17) is 11.3 Å². The fraction of sp³-hybridized carbons (Fsp3) is 0.417. The van der Waals surface area contributed by atoms with Gasteiger partial charge in [0.05, 0.1) is 19.6 Å². The fourth-order valence-corrected chi connectivity index (χ4v) is 3.74. The highest BCUT2D eigenvalue weighted by molar-refractivity contribution is 7.99. The summed E-state index contributed by atoms with van der Waals surface area (Å²) in [5.41, 5.74) is 2.87. The average Bonchev–Trinajstić information content (AvgIpc) is 2.74. The second kappa shape index (κ2) is 12.3. The van der Waals surface area contributed by atoms with Crippen molar-refractivity contribution in [3.05, 3.63) is 59.9 Å². The quantitative estimate of drug-likeness (QED) is 0.230. The number of benzene rings is 2. The molecule has 2 rings (SSSR count). The standard InChI is InChI=1S/C24H29NO2S/c1-4-6-7-19(5-2)18-27-24(26)16-17-28-23-14-10-21(11-15-23)20-8-12-22(25-3)13-9-20/h8-15,19H,4-7,16-18H2,1-2H3. The molecule has 0 bridgehead atoms. The molecule has 0 aliphatic carbocycles. The lowest BCUT2D eigenvalue weighted by Gasteiger charge is -2.14. The van der Waals surface area contributed by atoms with Gasteiger partial charge in [-0.3, -0.25) is 4.79 Å². The third kappa shape index (κ3) is 7.40. The summed E-state index contributed by atoms with van der Waals surface area (Å²) >= 11 is 1.67. The molecule has 4 heteroatoms. The van der Waals surface area contributed by atoms with E-state index in [9.17, 15) is 4.79 Å². The molecule has 3 nitrogen and oxygen atoms in total. The van der Waals surface area contributed by atoms with Gasteiger partial charge in [0.15, 0.2) is 5.69 Å². The Bertz CT molecular complexity index is 763. The molecule has 148 valence electrons. The van der Waals surface area contributed by atoms with Crippen LogP contribution in [-0.2, 0) is 9.53 Å². The summed E-state index contributed by atoms with van der Waals surface area (Å²) in [5, 5.41) is 0. The largest absolute Gasteiger partial charge is 0.465 e. The minimum absolute atomic E-state index is 0.0982. The highest BCUT2D eigenvalue weighted by Gasteiger charge is 2.10. The number of carbonyl (C=O) groups is 1. The van der Waals surface area contributed by atoms with Crippen molar-refractivity contribution >= 4 is 23.4 Å². The van der Waals surface area contributed by atoms with Crippen LogP contribution in [0.15, 0.2) is 53.4 Å². The van der Waals surface area contributed by atoms with Crippen molar-refractivity contribution in [1.29, 1.82) is 0 Å². The van der Waals surface area contributed by atoms with Gasteiger partial charge in [0.25, 0.3) is 0 Å². The summed E-state index contributed by atoms with van der Waals surface area (Å²) in [6, 6.07) is 15.9. The highest BCUT2D eigenvalue weighted by Crippen LogP contribution is 2.26. The number of ether oxygens (including phenoxy) is 1. The van der Waals surface area contributed by atoms with E-state index in [1.165, 1.54) is 12.8 Å². The van der Waals surface area contributed by atoms with Crippen LogP contribution in [0, 0.1) is 12.5 Å². The first kappa shape index (κ1) is 22.0. The Morgan fingerprint density at radius 1 is 1.07 bits per heavy atom. The summed E-state index contributed by atoms with van der Waals surface area (Å²) in [6.07, 6.45) is 5.03. The Labute approximate surface area is 173 Å². The van der Waals surface area contributed by atoms with Gasteiger partial charge in [-0.2, -0.15) is 0 Å². The third-order valence-corrected chi connectivity index (χ3v) is 5.80. The van der Waals surface area contributed by atoms with E-state index >= 15 is 0 Å². The van der Waals surface area contributed by atoms with Crippen molar-refractivity contribution in [2.45, 2.75) is 50.8 Å². The van der Waals surface area contributed by atoms with Gasteiger partial charge in [0.2, 0.25) is 0 Å². The summed E-state index contributed by atoms with van der Waals surface area (Å²) in [6.45, 7) is 11.9. The van der Waals surface area contributed by atoms with Gasteiger partial charge in [-0.05, 0) is 35.6 Å². The molecule has 2 aromatic carbocycles. The first-order valence-corrected chi connectivity index (χ1v) is 11.0. The van der Waals surface area contributed by atoms with Crippen molar-refractivity contribution in [2.24, 2.45) is 5.92 Å². The number of unbranched alkanes of at least 4 members (excludes halogenated alkanes) is 1. The van der Waals surface area contributed by atoms with Crippen LogP contribution in [0.2, 0.25) is 0 Å². The predicted octanol–water partition coefficient (Wildman–Crippen LogP) is 7.15. The maximum Gasteiger partial charge on any atom is 0.306 e. The molecule has 0 aliphatic rings. The molecule has 0 aliphatic heterocycles. The Morgan fingerprint density at radius 2 is 1.71 bits per heavy atom. The van der Waals surface area contributed by atoms with Gasteiger partial charge in [-0.1, -0.05) is 69.5 Å². The monoisotopic (exact) mass is 395 g/mol. The van der Waals surface area contributed by atoms with Gasteiger partial charge in [0.1, 0.15) is 0 Å². The van der Waals surface area contributed by atoms with E-state index in [0.29, 0.717) is 24.6 Å². The van der Waals surface area contributed by atoms with E-state index in [1.807, 2.05) is 24.3 Å². The Balaban J connectivity index is 1.74. The van der Waals surface area contributed by atoms with Crippen LogP contribution in [0.3, 0.4) is 0 Å². The van der Waals surface area contributed by atoms with Crippen LogP contribution in [0.25, 0.3) is 16.0 Å². The van der Waals surface area contributed by atoms with E-state index in [1.54, 1.807) is 11.8 Å². The van der Waals surface area contributed by atoms with Crippen molar-refractivity contribution in [3.63, 3.8) is 0 Å². The lowest BCUT2D eigenvalue weighted by Crippen LogP contribution is -2.14. The molecule has 0 N–H and O–H groups in total. The number of carbonyl (C=O) groups excluding carboxylic acids is 1. The van der Waals surface area contributed by atoms with E-state index < -0.39 is 0 Å². The molecule has 1 atom stereocenters. The molecule has 28 heavy (non-hydrogen) atoms. The minimum Gasteiger partial charge on any atom is -0.465 e. The first-order valence-electron chi connectivity index (χ1n) is 10.0. The number of thioether (sulfide) groups is 1. The molecule has 0 heterocycles. The van der Waals surface area contributed by atoms with Crippen LogP contribution in [0.1, 0.15) is 46.0 Å². The van der Waals surface area contributed by atoms with E-state index in [-0.39, 0.29) is 5.97 Å². The number of esters is 1. The number of nitrogens with zero attached hydrogens (tertiary/aromatic N) is 1. The molecular formula is C24H29NO2S. The maximum atomic E-state index is 12.0. The maximum absolute atomic E-state index is 12.0. The lowest BCUT2D eigenvalue weighted by atomic mass is 10.0. The Kier molecular flexibility index (Phi) is 9.65. The topological polar surface area (TPSA) is 30.7 Å². The zero-order chi connectivity index (χ0) is 20.2. The van der Waals surface area contributed by atoms with Gasteiger partial charge in [-0.15, -0.1) is 11.8 Å². The minimum atomic E-state index is -0.0982. The molecule has 0 spiro atoms. The second-order valence-electron chi connectivity index (χ2n) is 6.88. The third-order valence-electron chi connectivity index (χ3n) is 4.78. The number of hydrogen-bond donors (Lipinski definition) is 0.